The first-order valence-corrected chi connectivity index (χ1v) is 9.08. The van der Waals surface area contributed by atoms with Crippen molar-refractivity contribution in [1.82, 2.24) is 19.5 Å². The quantitative estimate of drug-likeness (QED) is 0.807. The van der Waals surface area contributed by atoms with Crippen LogP contribution in [0, 0.1) is 5.92 Å². The fourth-order valence-corrected chi connectivity index (χ4v) is 3.78. The summed E-state index contributed by atoms with van der Waals surface area (Å²) in [5, 5.41) is 4.14. The lowest BCUT2D eigenvalue weighted by Gasteiger charge is -2.13. The topological polar surface area (TPSA) is 76.9 Å². The first-order chi connectivity index (χ1) is 10.5. The predicted octanol–water partition coefficient (Wildman–Crippen LogP) is 2.12. The molecule has 7 heteroatoms. The molecular formula is C15H22N4O2S. The Kier molecular flexibility index (Phi) is 5.68. The highest BCUT2D eigenvalue weighted by Crippen LogP contribution is 2.12. The van der Waals surface area contributed by atoms with Crippen molar-refractivity contribution in [3.63, 3.8) is 0 Å². The van der Waals surface area contributed by atoms with Gasteiger partial charge in [-0.25, -0.2) is 22.8 Å². The standard InChI is InChI=1S/C15H22N4O2S/c1-3-6-13(2)12-22(20,21)18-11-14-7-4-8-16-15(14)19-10-5-9-17-19/h4-5,7-10,13,18H,3,6,11-12H2,1-2H3/t13-/m0/s1. The van der Waals surface area contributed by atoms with Crippen molar-refractivity contribution < 1.29 is 8.42 Å². The third-order valence-corrected chi connectivity index (χ3v) is 4.95. The number of nitrogens with one attached hydrogen (secondary N) is 1. The van der Waals surface area contributed by atoms with E-state index in [1.165, 1.54) is 0 Å². The lowest BCUT2D eigenvalue weighted by Crippen LogP contribution is -2.29. The van der Waals surface area contributed by atoms with Crippen LogP contribution in [0.2, 0.25) is 0 Å². The van der Waals surface area contributed by atoms with Gasteiger partial charge in [0.1, 0.15) is 0 Å². The summed E-state index contributed by atoms with van der Waals surface area (Å²) in [7, 11) is -3.29. The number of sulfonamides is 1. The monoisotopic (exact) mass is 322 g/mol. The van der Waals surface area contributed by atoms with E-state index in [1.54, 1.807) is 35.4 Å². The molecule has 0 aliphatic rings. The summed E-state index contributed by atoms with van der Waals surface area (Å²) in [5.74, 6) is 0.942. The normalized spacial score (nSPS) is 13.2. The van der Waals surface area contributed by atoms with Gasteiger partial charge in [-0.15, -0.1) is 0 Å². The second kappa shape index (κ2) is 7.51. The van der Waals surface area contributed by atoms with Crippen LogP contribution in [-0.2, 0) is 16.6 Å². The lowest BCUT2D eigenvalue weighted by atomic mass is 10.1. The summed E-state index contributed by atoms with van der Waals surface area (Å²) in [6.07, 6.45) is 7.01. The van der Waals surface area contributed by atoms with Gasteiger partial charge in [-0.3, -0.25) is 0 Å². The van der Waals surface area contributed by atoms with Crippen molar-refractivity contribution in [2.24, 2.45) is 5.92 Å². The number of pyridine rings is 1. The predicted molar refractivity (Wildman–Crippen MR) is 86.1 cm³/mol. The molecule has 2 aromatic heterocycles. The van der Waals surface area contributed by atoms with Crippen molar-refractivity contribution in [2.75, 3.05) is 5.75 Å². The van der Waals surface area contributed by atoms with Crippen molar-refractivity contribution in [1.29, 1.82) is 0 Å². The number of aromatic nitrogens is 3. The first kappa shape index (κ1) is 16.6. The number of rotatable bonds is 8. The Morgan fingerprint density at radius 2 is 2.14 bits per heavy atom. The number of hydrogen-bond donors (Lipinski definition) is 1. The van der Waals surface area contributed by atoms with Crippen molar-refractivity contribution in [2.45, 2.75) is 33.2 Å². The van der Waals surface area contributed by atoms with Crippen LogP contribution >= 0.6 is 0 Å². The van der Waals surface area contributed by atoms with Crippen LogP contribution in [0.4, 0.5) is 0 Å². The maximum Gasteiger partial charge on any atom is 0.212 e. The van der Waals surface area contributed by atoms with E-state index in [0.717, 1.165) is 18.4 Å². The van der Waals surface area contributed by atoms with Gasteiger partial charge in [0, 0.05) is 30.7 Å². The maximum atomic E-state index is 12.1. The fourth-order valence-electron chi connectivity index (χ4n) is 2.37. The molecule has 6 nitrogen and oxygen atoms in total. The van der Waals surface area contributed by atoms with Crippen LogP contribution in [0.1, 0.15) is 32.3 Å². The number of hydrogen-bond acceptors (Lipinski definition) is 4. The molecule has 2 aromatic rings. The highest BCUT2D eigenvalue weighted by molar-refractivity contribution is 7.89. The smallest absolute Gasteiger partial charge is 0.212 e. The Bertz CT molecular complexity index is 683. The molecule has 0 saturated heterocycles. The summed E-state index contributed by atoms with van der Waals surface area (Å²) >= 11 is 0. The minimum atomic E-state index is -3.29. The highest BCUT2D eigenvalue weighted by atomic mass is 32.2. The van der Waals surface area contributed by atoms with Crippen molar-refractivity contribution >= 4 is 10.0 Å². The largest absolute Gasteiger partial charge is 0.237 e. The van der Waals surface area contributed by atoms with Gasteiger partial charge >= 0.3 is 0 Å². The Morgan fingerprint density at radius 1 is 1.32 bits per heavy atom. The second-order valence-electron chi connectivity index (χ2n) is 5.43. The van der Waals surface area contributed by atoms with Gasteiger partial charge in [-0.05, 0) is 24.5 Å². The molecule has 120 valence electrons. The van der Waals surface area contributed by atoms with E-state index >= 15 is 0 Å². The second-order valence-corrected chi connectivity index (χ2v) is 7.28. The summed E-state index contributed by atoms with van der Waals surface area (Å²) in [4.78, 5) is 4.28. The van der Waals surface area contributed by atoms with Crippen LogP contribution in [-0.4, -0.2) is 28.9 Å². The SMILES string of the molecule is CCC[C@H](C)CS(=O)(=O)NCc1cccnc1-n1cccn1. The zero-order valence-electron chi connectivity index (χ0n) is 12.9. The molecule has 0 aliphatic heterocycles. The van der Waals surface area contributed by atoms with E-state index in [2.05, 4.69) is 21.7 Å². The van der Waals surface area contributed by atoms with Gasteiger partial charge in [0.05, 0.1) is 5.75 Å². The molecule has 2 rings (SSSR count). The lowest BCUT2D eigenvalue weighted by molar-refractivity contribution is 0.536. The van der Waals surface area contributed by atoms with Gasteiger partial charge in [0.2, 0.25) is 10.0 Å². The van der Waals surface area contributed by atoms with E-state index in [-0.39, 0.29) is 18.2 Å². The average molecular weight is 322 g/mol. The fraction of sp³-hybridized carbons (Fsp3) is 0.467. The van der Waals surface area contributed by atoms with Gasteiger partial charge in [-0.2, -0.15) is 5.10 Å². The molecular weight excluding hydrogens is 300 g/mol. The van der Waals surface area contributed by atoms with Crippen molar-refractivity contribution in [3.05, 3.63) is 42.4 Å². The Hall–Kier alpha value is -1.73. The molecule has 22 heavy (non-hydrogen) atoms. The van der Waals surface area contributed by atoms with Crippen LogP contribution in [0.25, 0.3) is 5.82 Å². The van der Waals surface area contributed by atoms with Crippen LogP contribution in [0.3, 0.4) is 0 Å². The van der Waals surface area contributed by atoms with Gasteiger partial charge in [-0.1, -0.05) is 26.3 Å². The molecule has 1 N–H and O–H groups in total. The molecule has 0 aromatic carbocycles. The zero-order valence-corrected chi connectivity index (χ0v) is 13.8. The highest BCUT2D eigenvalue weighted by Gasteiger charge is 2.16. The molecule has 0 fully saturated rings. The summed E-state index contributed by atoms with van der Waals surface area (Å²) < 4.78 is 28.6. The first-order valence-electron chi connectivity index (χ1n) is 7.43. The van der Waals surface area contributed by atoms with Gasteiger partial charge in [0.15, 0.2) is 5.82 Å². The molecule has 2 heterocycles. The zero-order chi connectivity index (χ0) is 16.0. The van der Waals surface area contributed by atoms with Gasteiger partial charge < -0.3 is 0 Å². The van der Waals surface area contributed by atoms with Crippen LogP contribution < -0.4 is 4.72 Å². The summed E-state index contributed by atoms with van der Waals surface area (Å²) in [5.41, 5.74) is 0.790. The van der Waals surface area contributed by atoms with E-state index in [9.17, 15) is 8.42 Å². The Balaban J connectivity index is 2.06. The molecule has 0 radical (unpaired) electrons. The van der Waals surface area contributed by atoms with E-state index in [4.69, 9.17) is 0 Å². The third kappa shape index (κ3) is 4.64. The molecule has 0 spiro atoms. The minimum Gasteiger partial charge on any atom is -0.237 e. The van der Waals surface area contributed by atoms with Crippen LogP contribution in [0.5, 0.6) is 0 Å². The molecule has 0 amide bonds. The number of nitrogens with zero attached hydrogens (tertiary/aromatic N) is 3. The average Bonchev–Trinajstić information content (AvgIpc) is 2.99. The molecule has 0 unspecified atom stereocenters. The van der Waals surface area contributed by atoms with Crippen LogP contribution in [0.15, 0.2) is 36.8 Å². The summed E-state index contributed by atoms with van der Waals surface area (Å²) in [6, 6.07) is 5.44. The molecule has 0 saturated carbocycles. The molecule has 0 bridgehead atoms. The minimum absolute atomic E-state index is 0.151. The Morgan fingerprint density at radius 3 is 2.82 bits per heavy atom. The third-order valence-electron chi connectivity index (χ3n) is 3.36. The van der Waals surface area contributed by atoms with Crippen molar-refractivity contribution in [3.8, 4) is 5.82 Å². The Labute approximate surface area is 131 Å². The van der Waals surface area contributed by atoms with E-state index < -0.39 is 10.0 Å². The maximum absolute atomic E-state index is 12.1. The molecule has 0 aliphatic carbocycles. The van der Waals surface area contributed by atoms with Gasteiger partial charge in [0.25, 0.3) is 0 Å². The summed E-state index contributed by atoms with van der Waals surface area (Å²) in [6.45, 7) is 4.23. The van der Waals surface area contributed by atoms with E-state index in [0.29, 0.717) is 5.82 Å². The molecule has 1 atom stereocenters. The van der Waals surface area contributed by atoms with E-state index in [1.807, 2.05) is 13.0 Å².